The maximum Gasteiger partial charge on any atom is 0.122 e. The van der Waals surface area contributed by atoms with E-state index in [4.69, 9.17) is 4.74 Å². The molecule has 3 aromatic carbocycles. The SMILES string of the molecule is CCc1ccc(-c2ccc(-c3ccc(CC)c(OC)c3)cc2)cc1. The molecule has 0 heterocycles. The summed E-state index contributed by atoms with van der Waals surface area (Å²) >= 11 is 0. The van der Waals surface area contributed by atoms with E-state index in [1.807, 2.05) is 0 Å². The van der Waals surface area contributed by atoms with Gasteiger partial charge in [0.1, 0.15) is 5.75 Å². The Morgan fingerprint density at radius 3 is 1.62 bits per heavy atom. The molecule has 0 bridgehead atoms. The highest BCUT2D eigenvalue weighted by Crippen LogP contribution is 2.29. The molecule has 24 heavy (non-hydrogen) atoms. The molecule has 3 rings (SSSR count). The zero-order valence-corrected chi connectivity index (χ0v) is 14.7. The average Bonchev–Trinajstić information content (AvgIpc) is 2.67. The molecule has 0 fully saturated rings. The first-order valence-electron chi connectivity index (χ1n) is 8.61. The molecule has 3 aromatic rings. The standard InChI is InChI=1S/C23H24O/c1-4-17-6-8-19(9-7-17)20-11-13-21(14-12-20)22-15-10-18(5-2)23(16-22)24-3/h6-16H,4-5H2,1-3H3. The average molecular weight is 316 g/mol. The van der Waals surface area contributed by atoms with Gasteiger partial charge in [-0.05, 0) is 52.3 Å². The Hall–Kier alpha value is -2.54. The minimum absolute atomic E-state index is 0.967. The summed E-state index contributed by atoms with van der Waals surface area (Å²) in [7, 11) is 1.74. The summed E-state index contributed by atoms with van der Waals surface area (Å²) in [6, 6.07) is 24.0. The first kappa shape index (κ1) is 16.3. The fourth-order valence-corrected chi connectivity index (χ4v) is 3.00. The summed E-state index contributed by atoms with van der Waals surface area (Å²) in [6.07, 6.45) is 2.06. The van der Waals surface area contributed by atoms with Crippen molar-refractivity contribution in [2.45, 2.75) is 26.7 Å². The van der Waals surface area contributed by atoms with Crippen molar-refractivity contribution in [1.29, 1.82) is 0 Å². The zero-order chi connectivity index (χ0) is 16.9. The lowest BCUT2D eigenvalue weighted by Crippen LogP contribution is -1.91. The first-order valence-corrected chi connectivity index (χ1v) is 8.61. The van der Waals surface area contributed by atoms with Gasteiger partial charge in [-0.2, -0.15) is 0 Å². The van der Waals surface area contributed by atoms with Gasteiger partial charge in [0.05, 0.1) is 7.11 Å². The summed E-state index contributed by atoms with van der Waals surface area (Å²) in [4.78, 5) is 0. The third-order valence-corrected chi connectivity index (χ3v) is 4.58. The van der Waals surface area contributed by atoms with Crippen LogP contribution >= 0.6 is 0 Å². The van der Waals surface area contributed by atoms with Crippen molar-refractivity contribution in [2.24, 2.45) is 0 Å². The van der Waals surface area contributed by atoms with Crippen molar-refractivity contribution in [1.82, 2.24) is 0 Å². The molecular formula is C23H24O. The molecule has 0 saturated heterocycles. The smallest absolute Gasteiger partial charge is 0.122 e. The molecule has 0 aliphatic rings. The Morgan fingerprint density at radius 1 is 0.625 bits per heavy atom. The molecule has 0 saturated carbocycles. The van der Waals surface area contributed by atoms with E-state index in [2.05, 4.69) is 80.6 Å². The molecule has 0 N–H and O–H groups in total. The second-order valence-electron chi connectivity index (χ2n) is 6.01. The Balaban J connectivity index is 1.88. The summed E-state index contributed by atoms with van der Waals surface area (Å²) < 4.78 is 5.51. The van der Waals surface area contributed by atoms with Crippen LogP contribution in [0.3, 0.4) is 0 Å². The van der Waals surface area contributed by atoms with Crippen molar-refractivity contribution in [3.05, 3.63) is 77.9 Å². The van der Waals surface area contributed by atoms with Gasteiger partial charge < -0.3 is 4.74 Å². The maximum atomic E-state index is 5.51. The molecule has 0 radical (unpaired) electrons. The Morgan fingerprint density at radius 2 is 1.12 bits per heavy atom. The van der Waals surface area contributed by atoms with Crippen molar-refractivity contribution in [3.63, 3.8) is 0 Å². The first-order chi connectivity index (χ1) is 11.7. The number of ether oxygens (including phenoxy) is 1. The normalized spacial score (nSPS) is 10.6. The highest BCUT2D eigenvalue weighted by atomic mass is 16.5. The monoisotopic (exact) mass is 316 g/mol. The number of hydrogen-bond donors (Lipinski definition) is 0. The van der Waals surface area contributed by atoms with E-state index in [9.17, 15) is 0 Å². The fraction of sp³-hybridized carbons (Fsp3) is 0.217. The third kappa shape index (κ3) is 3.35. The molecule has 0 amide bonds. The Labute approximate surface area is 144 Å². The van der Waals surface area contributed by atoms with Gasteiger partial charge in [0.2, 0.25) is 0 Å². The summed E-state index contributed by atoms with van der Waals surface area (Å²) in [5.74, 6) is 0.967. The van der Waals surface area contributed by atoms with Gasteiger partial charge in [-0.3, -0.25) is 0 Å². The quantitative estimate of drug-likeness (QED) is 0.548. The number of benzene rings is 3. The van der Waals surface area contributed by atoms with Crippen LogP contribution in [-0.4, -0.2) is 7.11 Å². The predicted octanol–water partition coefficient (Wildman–Crippen LogP) is 6.15. The summed E-state index contributed by atoms with van der Waals surface area (Å²) in [5, 5.41) is 0. The Kier molecular flexibility index (Phi) is 5.00. The number of methoxy groups -OCH3 is 1. The molecule has 1 nitrogen and oxygen atoms in total. The van der Waals surface area contributed by atoms with Gasteiger partial charge in [-0.25, -0.2) is 0 Å². The van der Waals surface area contributed by atoms with E-state index in [1.54, 1.807) is 7.11 Å². The van der Waals surface area contributed by atoms with E-state index >= 15 is 0 Å². The molecule has 1 heteroatoms. The highest BCUT2D eigenvalue weighted by Gasteiger charge is 2.05. The van der Waals surface area contributed by atoms with Crippen molar-refractivity contribution in [2.75, 3.05) is 7.11 Å². The van der Waals surface area contributed by atoms with Gasteiger partial charge in [-0.15, -0.1) is 0 Å². The van der Waals surface area contributed by atoms with E-state index in [-0.39, 0.29) is 0 Å². The van der Waals surface area contributed by atoms with Gasteiger partial charge in [0, 0.05) is 0 Å². The van der Waals surface area contributed by atoms with Crippen LogP contribution in [0.4, 0.5) is 0 Å². The second-order valence-corrected chi connectivity index (χ2v) is 6.01. The van der Waals surface area contributed by atoms with Gasteiger partial charge in [-0.1, -0.05) is 74.5 Å². The lowest BCUT2D eigenvalue weighted by Gasteiger charge is -2.10. The van der Waals surface area contributed by atoms with Gasteiger partial charge >= 0.3 is 0 Å². The van der Waals surface area contributed by atoms with E-state index < -0.39 is 0 Å². The maximum absolute atomic E-state index is 5.51. The number of rotatable bonds is 5. The van der Waals surface area contributed by atoms with Crippen molar-refractivity contribution in [3.8, 4) is 28.0 Å². The third-order valence-electron chi connectivity index (χ3n) is 4.58. The van der Waals surface area contributed by atoms with Crippen LogP contribution in [0, 0.1) is 0 Å². The van der Waals surface area contributed by atoms with Crippen LogP contribution in [0.25, 0.3) is 22.3 Å². The predicted molar refractivity (Wildman–Crippen MR) is 103 cm³/mol. The molecule has 0 unspecified atom stereocenters. The molecule has 0 aliphatic carbocycles. The van der Waals surface area contributed by atoms with Crippen LogP contribution in [0.2, 0.25) is 0 Å². The van der Waals surface area contributed by atoms with Crippen LogP contribution < -0.4 is 4.74 Å². The van der Waals surface area contributed by atoms with Gasteiger partial charge in [0.25, 0.3) is 0 Å². The highest BCUT2D eigenvalue weighted by molar-refractivity contribution is 5.71. The van der Waals surface area contributed by atoms with E-state index in [0.717, 1.165) is 18.6 Å². The topological polar surface area (TPSA) is 9.23 Å². The minimum Gasteiger partial charge on any atom is -0.496 e. The second kappa shape index (κ2) is 7.35. The molecule has 0 aliphatic heterocycles. The zero-order valence-electron chi connectivity index (χ0n) is 14.7. The van der Waals surface area contributed by atoms with Crippen LogP contribution in [0.1, 0.15) is 25.0 Å². The van der Waals surface area contributed by atoms with Crippen LogP contribution in [0.5, 0.6) is 5.75 Å². The summed E-state index contributed by atoms with van der Waals surface area (Å²) in [5.41, 5.74) is 7.53. The Bertz CT molecular complexity index is 798. The lowest BCUT2D eigenvalue weighted by molar-refractivity contribution is 0.410. The molecular weight excluding hydrogens is 292 g/mol. The van der Waals surface area contributed by atoms with E-state index in [0.29, 0.717) is 0 Å². The lowest BCUT2D eigenvalue weighted by atomic mass is 9.98. The molecule has 0 spiro atoms. The molecule has 122 valence electrons. The summed E-state index contributed by atoms with van der Waals surface area (Å²) in [6.45, 7) is 4.33. The molecule has 0 atom stereocenters. The van der Waals surface area contributed by atoms with Gasteiger partial charge in [0.15, 0.2) is 0 Å². The van der Waals surface area contributed by atoms with Crippen LogP contribution in [-0.2, 0) is 12.8 Å². The number of aryl methyl sites for hydroxylation is 2. The van der Waals surface area contributed by atoms with Crippen molar-refractivity contribution < 1.29 is 4.74 Å². The number of hydrogen-bond acceptors (Lipinski definition) is 1. The van der Waals surface area contributed by atoms with Crippen molar-refractivity contribution >= 4 is 0 Å². The largest absolute Gasteiger partial charge is 0.496 e. The fourth-order valence-electron chi connectivity index (χ4n) is 3.00. The molecule has 0 aromatic heterocycles. The minimum atomic E-state index is 0.967. The van der Waals surface area contributed by atoms with E-state index in [1.165, 1.54) is 33.4 Å². The van der Waals surface area contributed by atoms with Crippen LogP contribution in [0.15, 0.2) is 66.7 Å².